The maximum atomic E-state index is 11.1. The lowest BCUT2D eigenvalue weighted by Crippen LogP contribution is -2.02. The van der Waals surface area contributed by atoms with Gasteiger partial charge in [-0.1, -0.05) is 17.3 Å². The number of carbonyl (C=O) groups is 1. The molecule has 1 aromatic carbocycles. The van der Waals surface area contributed by atoms with Crippen molar-refractivity contribution in [1.82, 2.24) is 0 Å². The van der Waals surface area contributed by atoms with Gasteiger partial charge < -0.3 is 9.94 Å². The van der Waals surface area contributed by atoms with E-state index in [9.17, 15) is 4.79 Å². The Morgan fingerprint density at radius 3 is 2.21 bits per heavy atom. The van der Waals surface area contributed by atoms with Crippen LogP contribution in [0.1, 0.15) is 22.8 Å². The molecule has 0 saturated heterocycles. The molecule has 0 aromatic heterocycles. The quantitative estimate of drug-likeness (QED) is 0.336. The minimum atomic E-state index is -0.379. The van der Waals surface area contributed by atoms with Crippen LogP contribution in [-0.4, -0.2) is 24.0 Å². The van der Waals surface area contributed by atoms with Gasteiger partial charge in [0.15, 0.2) is 0 Å². The largest absolute Gasteiger partial charge is 0.465 e. The molecule has 0 atom stereocenters. The number of oxime groups is 1. The molecular formula is C10H11NO3. The Labute approximate surface area is 81.8 Å². The van der Waals surface area contributed by atoms with Gasteiger partial charge in [0, 0.05) is 0 Å². The predicted octanol–water partition coefficient (Wildman–Crippen LogP) is 1.67. The van der Waals surface area contributed by atoms with Crippen LogP contribution in [0.4, 0.5) is 0 Å². The minimum Gasteiger partial charge on any atom is -0.465 e. The molecule has 0 spiro atoms. The summed E-state index contributed by atoms with van der Waals surface area (Å²) in [6, 6.07) is 6.63. The van der Waals surface area contributed by atoms with Crippen LogP contribution >= 0.6 is 0 Å². The summed E-state index contributed by atoms with van der Waals surface area (Å²) in [7, 11) is 1.33. The lowest BCUT2D eigenvalue weighted by atomic mass is 10.1. The summed E-state index contributed by atoms with van der Waals surface area (Å²) in [6.45, 7) is 1.67. The Balaban J connectivity index is 2.95. The first kappa shape index (κ1) is 10.2. The maximum absolute atomic E-state index is 11.1. The van der Waals surface area contributed by atoms with Crippen molar-refractivity contribution in [2.24, 2.45) is 5.16 Å². The molecule has 14 heavy (non-hydrogen) atoms. The van der Waals surface area contributed by atoms with Gasteiger partial charge >= 0.3 is 5.97 Å². The topological polar surface area (TPSA) is 58.9 Å². The van der Waals surface area contributed by atoms with Crippen molar-refractivity contribution in [2.75, 3.05) is 7.11 Å². The van der Waals surface area contributed by atoms with Crippen molar-refractivity contribution >= 4 is 11.7 Å². The van der Waals surface area contributed by atoms with E-state index in [0.717, 1.165) is 5.56 Å². The number of carbonyl (C=O) groups excluding carboxylic acids is 1. The van der Waals surface area contributed by atoms with Crippen molar-refractivity contribution in [3.05, 3.63) is 35.4 Å². The number of benzene rings is 1. The average Bonchev–Trinajstić information content (AvgIpc) is 2.27. The number of ether oxygens (including phenoxy) is 1. The zero-order valence-corrected chi connectivity index (χ0v) is 8.02. The molecule has 4 heteroatoms. The summed E-state index contributed by atoms with van der Waals surface area (Å²) < 4.78 is 4.54. The van der Waals surface area contributed by atoms with E-state index in [1.54, 1.807) is 31.2 Å². The molecule has 0 heterocycles. The molecular weight excluding hydrogens is 182 g/mol. The van der Waals surface area contributed by atoms with Gasteiger partial charge in [-0.3, -0.25) is 0 Å². The fourth-order valence-electron chi connectivity index (χ4n) is 1.02. The number of nitrogens with zero attached hydrogens (tertiary/aromatic N) is 1. The number of hydrogen-bond donors (Lipinski definition) is 1. The summed E-state index contributed by atoms with van der Waals surface area (Å²) in [5.41, 5.74) is 1.74. The summed E-state index contributed by atoms with van der Waals surface area (Å²) in [6.07, 6.45) is 0. The first-order chi connectivity index (χ1) is 6.69. The van der Waals surface area contributed by atoms with E-state index in [4.69, 9.17) is 5.21 Å². The molecule has 1 aromatic rings. The molecule has 0 aliphatic carbocycles. The lowest BCUT2D eigenvalue weighted by Gasteiger charge is -2.00. The molecule has 0 bridgehead atoms. The molecule has 4 nitrogen and oxygen atoms in total. The number of methoxy groups -OCH3 is 1. The van der Waals surface area contributed by atoms with Crippen LogP contribution < -0.4 is 0 Å². The number of rotatable bonds is 2. The second kappa shape index (κ2) is 4.41. The van der Waals surface area contributed by atoms with Gasteiger partial charge in [-0.05, 0) is 24.6 Å². The zero-order valence-electron chi connectivity index (χ0n) is 8.02. The van der Waals surface area contributed by atoms with Crippen molar-refractivity contribution in [3.8, 4) is 0 Å². The monoisotopic (exact) mass is 193 g/mol. The van der Waals surface area contributed by atoms with Gasteiger partial charge in [-0.2, -0.15) is 0 Å². The van der Waals surface area contributed by atoms with Crippen molar-refractivity contribution in [1.29, 1.82) is 0 Å². The highest BCUT2D eigenvalue weighted by atomic mass is 16.5. The smallest absolute Gasteiger partial charge is 0.337 e. The van der Waals surface area contributed by atoms with Crippen LogP contribution in [0.15, 0.2) is 29.4 Å². The third-order valence-corrected chi connectivity index (χ3v) is 1.87. The highest BCUT2D eigenvalue weighted by Gasteiger charge is 2.05. The molecule has 0 radical (unpaired) electrons. The molecule has 0 aliphatic heterocycles. The van der Waals surface area contributed by atoms with Crippen molar-refractivity contribution in [3.63, 3.8) is 0 Å². The fourth-order valence-corrected chi connectivity index (χ4v) is 1.02. The SMILES string of the molecule is COC(=O)c1ccc(/C(C)=N\O)cc1. The Kier molecular flexibility index (Phi) is 3.23. The highest BCUT2D eigenvalue weighted by molar-refractivity contribution is 5.99. The third-order valence-electron chi connectivity index (χ3n) is 1.87. The Morgan fingerprint density at radius 1 is 1.29 bits per heavy atom. The van der Waals surface area contributed by atoms with Gasteiger partial charge in [0.05, 0.1) is 18.4 Å². The summed E-state index contributed by atoms with van der Waals surface area (Å²) >= 11 is 0. The molecule has 0 amide bonds. The first-order valence-corrected chi connectivity index (χ1v) is 4.06. The van der Waals surface area contributed by atoms with Crippen LogP contribution in [0.5, 0.6) is 0 Å². The van der Waals surface area contributed by atoms with Gasteiger partial charge in [0.1, 0.15) is 0 Å². The maximum Gasteiger partial charge on any atom is 0.337 e. The molecule has 1 N–H and O–H groups in total. The van der Waals surface area contributed by atoms with E-state index in [-0.39, 0.29) is 5.97 Å². The average molecular weight is 193 g/mol. The Hall–Kier alpha value is -1.84. The standard InChI is InChI=1S/C10H11NO3/c1-7(11-13)8-3-5-9(6-4-8)10(12)14-2/h3-6,13H,1-2H3/b11-7-. The second-order valence-corrected chi connectivity index (χ2v) is 2.75. The van der Waals surface area contributed by atoms with Crippen LogP contribution in [0, 0.1) is 0 Å². The van der Waals surface area contributed by atoms with Crippen LogP contribution in [0.2, 0.25) is 0 Å². The van der Waals surface area contributed by atoms with Crippen molar-refractivity contribution in [2.45, 2.75) is 6.92 Å². The summed E-state index contributed by atoms with van der Waals surface area (Å²) in [5.74, 6) is -0.379. The molecule has 74 valence electrons. The third kappa shape index (κ3) is 2.10. The van der Waals surface area contributed by atoms with E-state index in [1.165, 1.54) is 7.11 Å². The van der Waals surface area contributed by atoms with Crippen molar-refractivity contribution < 1.29 is 14.7 Å². The van der Waals surface area contributed by atoms with E-state index >= 15 is 0 Å². The minimum absolute atomic E-state index is 0.379. The zero-order chi connectivity index (χ0) is 10.6. The van der Waals surface area contributed by atoms with Crippen LogP contribution in [0.25, 0.3) is 0 Å². The summed E-state index contributed by atoms with van der Waals surface area (Å²) in [4.78, 5) is 11.1. The van der Waals surface area contributed by atoms with Gasteiger partial charge in [-0.15, -0.1) is 0 Å². The highest BCUT2D eigenvalue weighted by Crippen LogP contribution is 2.06. The Bertz CT molecular complexity index is 354. The number of esters is 1. The number of hydrogen-bond acceptors (Lipinski definition) is 4. The normalized spacial score (nSPS) is 11.1. The van der Waals surface area contributed by atoms with Gasteiger partial charge in [-0.25, -0.2) is 4.79 Å². The second-order valence-electron chi connectivity index (χ2n) is 2.75. The lowest BCUT2D eigenvalue weighted by molar-refractivity contribution is 0.0601. The van der Waals surface area contributed by atoms with E-state index in [2.05, 4.69) is 9.89 Å². The van der Waals surface area contributed by atoms with Crippen LogP contribution in [0.3, 0.4) is 0 Å². The Morgan fingerprint density at radius 2 is 1.79 bits per heavy atom. The van der Waals surface area contributed by atoms with Crippen LogP contribution in [-0.2, 0) is 4.74 Å². The molecule has 1 rings (SSSR count). The fraction of sp³-hybridized carbons (Fsp3) is 0.200. The van der Waals surface area contributed by atoms with E-state index in [1.807, 2.05) is 0 Å². The summed E-state index contributed by atoms with van der Waals surface area (Å²) in [5, 5.41) is 11.6. The van der Waals surface area contributed by atoms with Gasteiger partial charge in [0.2, 0.25) is 0 Å². The molecule has 0 unspecified atom stereocenters. The predicted molar refractivity (Wildman–Crippen MR) is 51.8 cm³/mol. The molecule has 0 aliphatic rings. The molecule has 0 saturated carbocycles. The van der Waals surface area contributed by atoms with E-state index in [0.29, 0.717) is 11.3 Å². The van der Waals surface area contributed by atoms with E-state index < -0.39 is 0 Å². The molecule has 0 fully saturated rings. The first-order valence-electron chi connectivity index (χ1n) is 4.06. The van der Waals surface area contributed by atoms with Gasteiger partial charge in [0.25, 0.3) is 0 Å².